The summed E-state index contributed by atoms with van der Waals surface area (Å²) in [6.07, 6.45) is 1.19. The first kappa shape index (κ1) is 26.4. The van der Waals surface area contributed by atoms with Crippen molar-refractivity contribution < 1.29 is 27.5 Å². The molecule has 1 atom stereocenters. The van der Waals surface area contributed by atoms with Gasteiger partial charge >= 0.3 is 0 Å². The van der Waals surface area contributed by atoms with Crippen LogP contribution in [0.5, 0.6) is 0 Å². The minimum absolute atomic E-state index is 0.0227. The van der Waals surface area contributed by atoms with Crippen LogP contribution in [0.1, 0.15) is 47.3 Å². The molecule has 4 rings (SSSR count). The zero-order valence-corrected chi connectivity index (χ0v) is 20.3. The number of nitrogens with one attached hydrogen (secondary N) is 2. The molecule has 0 aliphatic rings. The maximum atomic E-state index is 14.6. The van der Waals surface area contributed by atoms with E-state index in [9.17, 15) is 32.3 Å². The van der Waals surface area contributed by atoms with E-state index >= 15 is 0 Å². The standard InChI is InChI=1S/C25H21ClF4N4O3/c1-12(2)19-17(23(36)31-21(25(29,30)11-35)13-3-6-15(27)7-4-13)10-34-20(19)24(37)32-22(33-34)16-8-5-14(26)9-18(16)28/h3-10,12,21,35H,11H2,1-2H3,(H,31,36)(H,32,33,37)/t21-/m0/s1. The highest BCUT2D eigenvalue weighted by atomic mass is 35.5. The van der Waals surface area contributed by atoms with Crippen LogP contribution in [0.15, 0.2) is 53.5 Å². The van der Waals surface area contributed by atoms with Gasteiger partial charge in [0.15, 0.2) is 5.82 Å². The average Bonchev–Trinajstić information content (AvgIpc) is 3.23. The van der Waals surface area contributed by atoms with E-state index in [-0.39, 0.29) is 38.6 Å². The molecule has 0 bridgehead atoms. The van der Waals surface area contributed by atoms with E-state index < -0.39 is 47.6 Å². The van der Waals surface area contributed by atoms with Crippen molar-refractivity contribution in [1.82, 2.24) is 19.9 Å². The van der Waals surface area contributed by atoms with E-state index in [1.807, 2.05) is 0 Å². The largest absolute Gasteiger partial charge is 0.390 e. The minimum atomic E-state index is -3.79. The highest BCUT2D eigenvalue weighted by molar-refractivity contribution is 6.30. The van der Waals surface area contributed by atoms with Crippen LogP contribution in [0, 0.1) is 11.6 Å². The molecule has 0 spiro atoms. The summed E-state index contributed by atoms with van der Waals surface area (Å²) in [5, 5.41) is 15.8. The van der Waals surface area contributed by atoms with Crippen molar-refractivity contribution in [3.63, 3.8) is 0 Å². The number of hydrogen-bond donors (Lipinski definition) is 3. The van der Waals surface area contributed by atoms with Crippen molar-refractivity contribution in [3.05, 3.63) is 92.4 Å². The van der Waals surface area contributed by atoms with Crippen molar-refractivity contribution in [2.24, 2.45) is 0 Å². The van der Waals surface area contributed by atoms with E-state index in [0.717, 1.165) is 34.8 Å². The number of aromatic amines is 1. The minimum Gasteiger partial charge on any atom is -0.390 e. The predicted octanol–water partition coefficient (Wildman–Crippen LogP) is 4.84. The third-order valence-corrected chi connectivity index (χ3v) is 6.04. The normalized spacial score (nSPS) is 12.8. The zero-order valence-electron chi connectivity index (χ0n) is 19.5. The molecule has 7 nitrogen and oxygen atoms in total. The summed E-state index contributed by atoms with van der Waals surface area (Å²) in [6, 6.07) is 5.84. The van der Waals surface area contributed by atoms with Gasteiger partial charge in [0.25, 0.3) is 17.4 Å². The van der Waals surface area contributed by atoms with Gasteiger partial charge in [-0.25, -0.2) is 22.1 Å². The molecule has 3 N–H and O–H groups in total. The first-order valence-electron chi connectivity index (χ1n) is 11.1. The number of hydrogen-bond acceptors (Lipinski definition) is 4. The number of benzene rings is 2. The third kappa shape index (κ3) is 5.09. The second-order valence-electron chi connectivity index (χ2n) is 8.71. The molecule has 0 radical (unpaired) electrons. The van der Waals surface area contributed by atoms with Crippen LogP contribution >= 0.6 is 11.6 Å². The molecule has 194 valence electrons. The summed E-state index contributed by atoms with van der Waals surface area (Å²) >= 11 is 5.79. The van der Waals surface area contributed by atoms with Crippen molar-refractivity contribution in [3.8, 4) is 11.4 Å². The lowest BCUT2D eigenvalue weighted by Gasteiger charge is -2.27. The van der Waals surface area contributed by atoms with Crippen molar-refractivity contribution in [2.45, 2.75) is 31.7 Å². The number of rotatable bonds is 7. The number of aliphatic hydroxyl groups is 1. The first-order valence-corrected chi connectivity index (χ1v) is 11.5. The number of carbonyl (C=O) groups excluding carboxylic acids is 1. The Morgan fingerprint density at radius 2 is 1.86 bits per heavy atom. The Morgan fingerprint density at radius 1 is 1.19 bits per heavy atom. The van der Waals surface area contributed by atoms with Crippen LogP contribution < -0.4 is 10.9 Å². The van der Waals surface area contributed by atoms with Gasteiger partial charge in [-0.05, 0) is 41.8 Å². The summed E-state index contributed by atoms with van der Waals surface area (Å²) < 4.78 is 58.2. The summed E-state index contributed by atoms with van der Waals surface area (Å²) in [4.78, 5) is 28.8. The van der Waals surface area contributed by atoms with Gasteiger partial charge in [0.2, 0.25) is 0 Å². The fourth-order valence-electron chi connectivity index (χ4n) is 4.07. The topological polar surface area (TPSA) is 99.5 Å². The van der Waals surface area contributed by atoms with Crippen molar-refractivity contribution in [1.29, 1.82) is 0 Å². The highest BCUT2D eigenvalue weighted by Gasteiger charge is 2.41. The second kappa shape index (κ2) is 9.98. The summed E-state index contributed by atoms with van der Waals surface area (Å²) in [5.74, 6) is -6.73. The van der Waals surface area contributed by atoms with Crippen LogP contribution in [-0.4, -0.2) is 38.1 Å². The Hall–Kier alpha value is -3.70. The van der Waals surface area contributed by atoms with Crippen LogP contribution in [0.25, 0.3) is 16.9 Å². The van der Waals surface area contributed by atoms with E-state index in [0.29, 0.717) is 0 Å². The molecule has 0 saturated heterocycles. The van der Waals surface area contributed by atoms with Gasteiger partial charge in [-0.15, -0.1) is 5.10 Å². The van der Waals surface area contributed by atoms with E-state index in [2.05, 4.69) is 15.4 Å². The summed E-state index contributed by atoms with van der Waals surface area (Å²) in [7, 11) is 0. The lowest BCUT2D eigenvalue weighted by atomic mass is 9.97. The summed E-state index contributed by atoms with van der Waals surface area (Å²) in [6.45, 7) is 1.80. The molecule has 0 aliphatic heterocycles. The van der Waals surface area contributed by atoms with Crippen LogP contribution in [0.2, 0.25) is 5.02 Å². The number of carbonyl (C=O) groups is 1. The smallest absolute Gasteiger partial charge is 0.294 e. The van der Waals surface area contributed by atoms with Gasteiger partial charge in [-0.3, -0.25) is 9.59 Å². The van der Waals surface area contributed by atoms with Crippen molar-refractivity contribution >= 4 is 23.0 Å². The molecular formula is C25H21ClF4N4O3. The van der Waals surface area contributed by atoms with Crippen LogP contribution in [0.4, 0.5) is 17.6 Å². The zero-order chi connectivity index (χ0) is 27.1. The number of fused-ring (bicyclic) bond motifs is 1. The Morgan fingerprint density at radius 3 is 2.46 bits per heavy atom. The van der Waals surface area contributed by atoms with E-state index in [4.69, 9.17) is 11.6 Å². The van der Waals surface area contributed by atoms with E-state index in [1.54, 1.807) is 13.8 Å². The van der Waals surface area contributed by atoms with Gasteiger partial charge < -0.3 is 15.4 Å². The molecule has 37 heavy (non-hydrogen) atoms. The number of aliphatic hydroxyl groups excluding tert-OH is 1. The molecule has 0 unspecified atom stereocenters. The Bertz CT molecular complexity index is 1530. The molecule has 2 heterocycles. The number of nitrogens with zero attached hydrogens (tertiary/aromatic N) is 2. The molecule has 4 aromatic rings. The van der Waals surface area contributed by atoms with Gasteiger partial charge in [0.05, 0.1) is 11.1 Å². The first-order chi connectivity index (χ1) is 17.4. The average molecular weight is 537 g/mol. The maximum absolute atomic E-state index is 14.6. The molecule has 0 saturated carbocycles. The van der Waals surface area contributed by atoms with Gasteiger partial charge in [0.1, 0.15) is 29.8 Å². The van der Waals surface area contributed by atoms with Crippen LogP contribution in [-0.2, 0) is 0 Å². The monoisotopic (exact) mass is 536 g/mol. The number of aromatic nitrogens is 3. The Labute approximate surface area is 212 Å². The number of H-pyrrole nitrogens is 1. The lowest BCUT2D eigenvalue weighted by molar-refractivity contribution is -0.0785. The van der Waals surface area contributed by atoms with Gasteiger partial charge in [0, 0.05) is 16.8 Å². The number of amides is 1. The lowest BCUT2D eigenvalue weighted by Crippen LogP contribution is -2.43. The van der Waals surface area contributed by atoms with E-state index in [1.165, 1.54) is 18.3 Å². The fraction of sp³-hybridized carbons (Fsp3) is 0.240. The van der Waals surface area contributed by atoms with Crippen molar-refractivity contribution in [2.75, 3.05) is 6.61 Å². The van der Waals surface area contributed by atoms with Crippen LogP contribution in [0.3, 0.4) is 0 Å². The molecule has 2 aromatic heterocycles. The molecular weight excluding hydrogens is 516 g/mol. The number of halogens is 5. The Kier molecular flexibility index (Phi) is 7.11. The second-order valence-corrected chi connectivity index (χ2v) is 9.14. The molecule has 2 aromatic carbocycles. The van der Waals surface area contributed by atoms with Gasteiger partial charge in [-0.2, -0.15) is 0 Å². The van der Waals surface area contributed by atoms with Gasteiger partial charge in [-0.1, -0.05) is 37.6 Å². The SMILES string of the molecule is CC(C)c1c(C(=O)N[C@@H](c2ccc(F)cc2)C(F)(F)CO)cn2nc(-c3ccc(Cl)cc3F)[nH]c(=O)c12. The molecule has 0 aliphatic carbocycles. The molecule has 1 amide bonds. The Balaban J connectivity index is 1.82. The quantitative estimate of drug-likeness (QED) is 0.294. The summed E-state index contributed by atoms with van der Waals surface area (Å²) in [5.41, 5.74) is -0.793. The fourth-order valence-corrected chi connectivity index (χ4v) is 4.23. The molecule has 0 fully saturated rings. The third-order valence-electron chi connectivity index (χ3n) is 5.80. The molecule has 12 heteroatoms. The maximum Gasteiger partial charge on any atom is 0.294 e. The highest BCUT2D eigenvalue weighted by Crippen LogP contribution is 2.33. The number of alkyl halides is 2. The predicted molar refractivity (Wildman–Crippen MR) is 129 cm³/mol.